The maximum Gasteiger partial charge on any atom is 0.170 e. The molecule has 0 aliphatic carbocycles. The normalized spacial score (nSPS) is 10.7. The Morgan fingerprint density at radius 1 is 1.47 bits per heavy atom. The van der Waals surface area contributed by atoms with E-state index in [-0.39, 0.29) is 16.7 Å². The Balaban J connectivity index is 2.25. The van der Waals surface area contributed by atoms with Gasteiger partial charge in [0.15, 0.2) is 5.78 Å². The highest BCUT2D eigenvalue weighted by molar-refractivity contribution is 9.10. The average molecular weight is 325 g/mol. The van der Waals surface area contributed by atoms with E-state index in [1.54, 1.807) is 10.7 Å². The standard InChI is InChI=1S/C14H14BrFN2O/c1-3-9-7-10(18(2)17-9)8-13(19)11-5-4-6-12(16)14(11)15/h4-7H,3,8H2,1-2H3. The van der Waals surface area contributed by atoms with Crippen molar-refractivity contribution in [3.8, 4) is 0 Å². The third-order valence-electron chi connectivity index (χ3n) is 2.98. The Morgan fingerprint density at radius 3 is 2.84 bits per heavy atom. The lowest BCUT2D eigenvalue weighted by molar-refractivity contribution is 0.0989. The van der Waals surface area contributed by atoms with Crippen LogP contribution in [0.4, 0.5) is 4.39 Å². The van der Waals surface area contributed by atoms with Crippen molar-refractivity contribution in [2.75, 3.05) is 0 Å². The summed E-state index contributed by atoms with van der Waals surface area (Å²) in [5, 5.41) is 4.29. The predicted molar refractivity (Wildman–Crippen MR) is 74.7 cm³/mol. The number of ketones is 1. The molecule has 100 valence electrons. The summed E-state index contributed by atoms with van der Waals surface area (Å²) in [6.45, 7) is 2.01. The van der Waals surface area contributed by atoms with Crippen molar-refractivity contribution in [2.45, 2.75) is 19.8 Å². The summed E-state index contributed by atoms with van der Waals surface area (Å²) < 4.78 is 15.3. The molecule has 1 heterocycles. The van der Waals surface area contributed by atoms with Gasteiger partial charge < -0.3 is 0 Å². The highest BCUT2D eigenvalue weighted by Crippen LogP contribution is 2.22. The van der Waals surface area contributed by atoms with Gasteiger partial charge >= 0.3 is 0 Å². The number of nitrogens with zero attached hydrogens (tertiary/aromatic N) is 2. The first-order valence-corrected chi connectivity index (χ1v) is 6.81. The van der Waals surface area contributed by atoms with E-state index in [4.69, 9.17) is 0 Å². The summed E-state index contributed by atoms with van der Waals surface area (Å²) in [6.07, 6.45) is 1.04. The third-order valence-corrected chi connectivity index (χ3v) is 3.79. The average Bonchev–Trinajstić information content (AvgIpc) is 2.73. The van der Waals surface area contributed by atoms with Crippen LogP contribution in [-0.2, 0) is 19.9 Å². The number of rotatable bonds is 4. The Bertz CT molecular complexity index is 622. The van der Waals surface area contributed by atoms with Crippen LogP contribution < -0.4 is 0 Å². The lowest BCUT2D eigenvalue weighted by atomic mass is 10.1. The molecule has 2 rings (SSSR count). The largest absolute Gasteiger partial charge is 0.294 e. The lowest BCUT2D eigenvalue weighted by Gasteiger charge is -2.04. The topological polar surface area (TPSA) is 34.9 Å². The summed E-state index contributed by atoms with van der Waals surface area (Å²) in [5.41, 5.74) is 2.14. The summed E-state index contributed by atoms with van der Waals surface area (Å²) in [4.78, 5) is 12.2. The van der Waals surface area contributed by atoms with Gasteiger partial charge in [-0.3, -0.25) is 9.48 Å². The van der Waals surface area contributed by atoms with E-state index in [1.165, 1.54) is 12.1 Å². The SMILES string of the molecule is CCc1cc(CC(=O)c2cccc(F)c2Br)n(C)n1. The van der Waals surface area contributed by atoms with E-state index in [0.717, 1.165) is 17.8 Å². The molecule has 0 unspecified atom stereocenters. The van der Waals surface area contributed by atoms with Crippen molar-refractivity contribution in [1.82, 2.24) is 9.78 Å². The first-order chi connectivity index (χ1) is 9.02. The fourth-order valence-corrected chi connectivity index (χ4v) is 2.37. The molecule has 0 spiro atoms. The van der Waals surface area contributed by atoms with E-state index >= 15 is 0 Å². The van der Waals surface area contributed by atoms with Crippen LogP contribution in [0.15, 0.2) is 28.7 Å². The molecule has 0 saturated carbocycles. The van der Waals surface area contributed by atoms with Crippen molar-refractivity contribution in [1.29, 1.82) is 0 Å². The van der Waals surface area contributed by atoms with Gasteiger partial charge in [-0.05, 0) is 34.5 Å². The van der Waals surface area contributed by atoms with Crippen LogP contribution in [0.25, 0.3) is 0 Å². The number of carbonyl (C=O) groups excluding carboxylic acids is 1. The molecule has 1 aromatic heterocycles. The summed E-state index contributed by atoms with van der Waals surface area (Å²) in [5.74, 6) is -0.554. The van der Waals surface area contributed by atoms with E-state index < -0.39 is 5.82 Å². The predicted octanol–water partition coefficient (Wildman–Crippen LogP) is 3.31. The molecule has 0 aliphatic heterocycles. The number of halogens is 2. The molecule has 0 aliphatic rings. The molecule has 0 radical (unpaired) electrons. The van der Waals surface area contributed by atoms with Crippen LogP contribution in [0.2, 0.25) is 0 Å². The van der Waals surface area contributed by atoms with Gasteiger partial charge in [-0.15, -0.1) is 0 Å². The zero-order valence-electron chi connectivity index (χ0n) is 10.8. The van der Waals surface area contributed by atoms with Crippen LogP contribution in [0.1, 0.15) is 28.7 Å². The molecule has 0 atom stereocenters. The summed E-state index contributed by atoms with van der Waals surface area (Å²) in [6, 6.07) is 6.38. The molecule has 1 aromatic carbocycles. The Hall–Kier alpha value is -1.49. The van der Waals surface area contributed by atoms with Crippen LogP contribution in [-0.4, -0.2) is 15.6 Å². The van der Waals surface area contributed by atoms with Gasteiger partial charge in [-0.25, -0.2) is 4.39 Å². The Labute approximate surface area is 119 Å². The fourth-order valence-electron chi connectivity index (χ4n) is 1.89. The first kappa shape index (κ1) is 13.9. The second kappa shape index (κ2) is 5.65. The smallest absolute Gasteiger partial charge is 0.170 e. The second-order valence-electron chi connectivity index (χ2n) is 4.31. The quantitative estimate of drug-likeness (QED) is 0.809. The summed E-state index contributed by atoms with van der Waals surface area (Å²) in [7, 11) is 1.81. The number of aromatic nitrogens is 2. The van der Waals surface area contributed by atoms with Crippen molar-refractivity contribution in [3.05, 3.63) is 51.5 Å². The van der Waals surface area contributed by atoms with Crippen molar-refractivity contribution in [3.63, 3.8) is 0 Å². The summed E-state index contributed by atoms with van der Waals surface area (Å²) >= 11 is 3.11. The van der Waals surface area contributed by atoms with Gasteiger partial charge in [0, 0.05) is 18.3 Å². The molecule has 5 heteroatoms. The second-order valence-corrected chi connectivity index (χ2v) is 5.10. The van der Waals surface area contributed by atoms with Crippen molar-refractivity contribution >= 4 is 21.7 Å². The van der Waals surface area contributed by atoms with E-state index in [9.17, 15) is 9.18 Å². The molecule has 3 nitrogen and oxygen atoms in total. The molecule has 0 fully saturated rings. The molecule has 2 aromatic rings. The van der Waals surface area contributed by atoms with Gasteiger partial charge in [0.05, 0.1) is 16.6 Å². The van der Waals surface area contributed by atoms with E-state index in [0.29, 0.717) is 5.56 Å². The maximum atomic E-state index is 13.4. The van der Waals surface area contributed by atoms with Crippen molar-refractivity contribution in [2.24, 2.45) is 7.05 Å². The molecule has 0 bridgehead atoms. The minimum atomic E-state index is -0.426. The molecular formula is C14H14BrFN2O. The number of hydrogen-bond acceptors (Lipinski definition) is 2. The zero-order valence-corrected chi connectivity index (χ0v) is 12.4. The van der Waals surface area contributed by atoms with E-state index in [2.05, 4.69) is 21.0 Å². The maximum absolute atomic E-state index is 13.4. The molecule has 0 N–H and O–H groups in total. The number of hydrogen-bond donors (Lipinski definition) is 0. The van der Waals surface area contributed by atoms with Crippen LogP contribution in [0.5, 0.6) is 0 Å². The first-order valence-electron chi connectivity index (χ1n) is 6.02. The van der Waals surface area contributed by atoms with Gasteiger partial charge in [0.25, 0.3) is 0 Å². The lowest BCUT2D eigenvalue weighted by Crippen LogP contribution is -2.09. The number of carbonyl (C=O) groups is 1. The fraction of sp³-hybridized carbons (Fsp3) is 0.286. The van der Waals surface area contributed by atoms with E-state index in [1.807, 2.05) is 20.0 Å². The van der Waals surface area contributed by atoms with Crippen molar-refractivity contribution < 1.29 is 9.18 Å². The Kier molecular flexibility index (Phi) is 4.14. The molecular weight excluding hydrogens is 311 g/mol. The highest BCUT2D eigenvalue weighted by Gasteiger charge is 2.15. The van der Waals surface area contributed by atoms with Gasteiger partial charge in [0.1, 0.15) is 5.82 Å². The van der Waals surface area contributed by atoms with Crippen LogP contribution in [0, 0.1) is 5.82 Å². The Morgan fingerprint density at radius 2 is 2.21 bits per heavy atom. The minimum absolute atomic E-state index is 0.128. The number of aryl methyl sites for hydroxylation is 2. The van der Waals surface area contributed by atoms with Crippen LogP contribution in [0.3, 0.4) is 0 Å². The molecule has 0 saturated heterocycles. The number of benzene rings is 1. The zero-order chi connectivity index (χ0) is 14.0. The molecule has 0 amide bonds. The molecule has 19 heavy (non-hydrogen) atoms. The highest BCUT2D eigenvalue weighted by atomic mass is 79.9. The minimum Gasteiger partial charge on any atom is -0.294 e. The third kappa shape index (κ3) is 2.92. The monoisotopic (exact) mass is 324 g/mol. The number of Topliss-reactive ketones (excluding diaryl/α,β-unsaturated/α-hetero) is 1. The van der Waals surface area contributed by atoms with Gasteiger partial charge in [0.2, 0.25) is 0 Å². The van der Waals surface area contributed by atoms with Gasteiger partial charge in [-0.2, -0.15) is 5.10 Å². The van der Waals surface area contributed by atoms with Gasteiger partial charge in [-0.1, -0.05) is 19.1 Å². The van der Waals surface area contributed by atoms with Crippen LogP contribution >= 0.6 is 15.9 Å².